The van der Waals surface area contributed by atoms with E-state index in [1.807, 2.05) is 42.5 Å². The molecular weight excluding hydrogens is 526 g/mol. The minimum atomic E-state index is -0.616. The number of carbonyl (C=O) groups is 1. The van der Waals surface area contributed by atoms with Gasteiger partial charge < -0.3 is 14.7 Å². The first-order valence-electron chi connectivity index (χ1n) is 11.9. The van der Waals surface area contributed by atoms with Gasteiger partial charge in [-0.3, -0.25) is 14.3 Å². The van der Waals surface area contributed by atoms with Gasteiger partial charge in [0.1, 0.15) is 5.75 Å². The zero-order valence-corrected chi connectivity index (χ0v) is 22.7. The first kappa shape index (κ1) is 27.3. The molecule has 0 unspecified atom stereocenters. The molecule has 0 fully saturated rings. The van der Waals surface area contributed by atoms with Gasteiger partial charge in [-0.15, -0.1) is 10.2 Å². The molecule has 0 saturated heterocycles. The van der Waals surface area contributed by atoms with E-state index < -0.39 is 5.91 Å². The smallest absolute Gasteiger partial charge is 0.304 e. The molecule has 3 rings (SSSR count). The zero-order valence-electron chi connectivity index (χ0n) is 21.1. The van der Waals surface area contributed by atoms with E-state index in [9.17, 15) is 9.90 Å². The molecule has 10 heteroatoms. The number of aromatic nitrogens is 1. The molecule has 0 saturated carbocycles. The third kappa shape index (κ3) is 6.92. The number of nitrogens with zero attached hydrogens (tertiary/aromatic N) is 5. The van der Waals surface area contributed by atoms with Crippen LogP contribution < -0.4 is 4.74 Å². The van der Waals surface area contributed by atoms with E-state index in [1.54, 1.807) is 18.6 Å². The van der Waals surface area contributed by atoms with E-state index in [4.69, 9.17) is 9.57 Å². The van der Waals surface area contributed by atoms with Crippen molar-refractivity contribution in [3.05, 3.63) is 52.5 Å². The highest BCUT2D eigenvalue weighted by Gasteiger charge is 2.19. The van der Waals surface area contributed by atoms with Gasteiger partial charge in [0.2, 0.25) is 5.88 Å². The first-order valence-corrected chi connectivity index (χ1v) is 12.7. The molecule has 1 N–H and O–H groups in total. The minimum Gasteiger partial charge on any atom is -0.497 e. The summed E-state index contributed by atoms with van der Waals surface area (Å²) in [7, 11) is 1.60. The highest BCUT2D eigenvalue weighted by molar-refractivity contribution is 9.10. The fourth-order valence-electron chi connectivity index (χ4n) is 3.83. The van der Waals surface area contributed by atoms with Crippen LogP contribution in [0.3, 0.4) is 0 Å². The number of carbonyl (C=O) groups excluding carboxylic acids is 1. The Labute approximate surface area is 219 Å². The molecule has 1 heterocycles. The normalized spacial score (nSPS) is 12.1. The Hall–Kier alpha value is -3.24. The summed E-state index contributed by atoms with van der Waals surface area (Å²) in [6, 6.07) is 13.0. The van der Waals surface area contributed by atoms with Gasteiger partial charge in [-0.25, -0.2) is 0 Å². The lowest BCUT2D eigenvalue weighted by molar-refractivity contribution is -0.122. The van der Waals surface area contributed by atoms with E-state index in [-0.39, 0.29) is 18.2 Å². The van der Waals surface area contributed by atoms with Crippen molar-refractivity contribution < 1.29 is 19.5 Å². The van der Waals surface area contributed by atoms with Gasteiger partial charge in [-0.05, 0) is 80.9 Å². The summed E-state index contributed by atoms with van der Waals surface area (Å²) >= 11 is 3.47. The Balaban J connectivity index is 1.75. The Morgan fingerprint density at radius 2 is 1.81 bits per heavy atom. The Morgan fingerprint density at radius 3 is 2.44 bits per heavy atom. The number of ether oxygens (including phenoxy) is 1. The van der Waals surface area contributed by atoms with E-state index in [0.29, 0.717) is 17.8 Å². The van der Waals surface area contributed by atoms with Crippen LogP contribution in [0.2, 0.25) is 0 Å². The molecule has 192 valence electrons. The van der Waals surface area contributed by atoms with E-state index in [1.165, 1.54) is 0 Å². The maximum Gasteiger partial charge on any atom is 0.304 e. The third-order valence-corrected chi connectivity index (χ3v) is 6.05. The van der Waals surface area contributed by atoms with Crippen LogP contribution in [0.1, 0.15) is 39.2 Å². The van der Waals surface area contributed by atoms with Gasteiger partial charge in [0.15, 0.2) is 12.3 Å². The van der Waals surface area contributed by atoms with Gasteiger partial charge in [-0.2, -0.15) is 0 Å². The second-order valence-corrected chi connectivity index (χ2v) is 9.21. The Morgan fingerprint density at radius 1 is 1.11 bits per heavy atom. The number of fused-ring (bicyclic) bond motifs is 1. The van der Waals surface area contributed by atoms with Crippen molar-refractivity contribution in [1.29, 1.82) is 0 Å². The van der Waals surface area contributed by atoms with Crippen LogP contribution in [0.5, 0.6) is 11.6 Å². The van der Waals surface area contributed by atoms with Crippen molar-refractivity contribution in [2.75, 3.05) is 26.8 Å². The van der Waals surface area contributed by atoms with E-state index in [0.717, 1.165) is 47.2 Å². The minimum absolute atomic E-state index is 0.0360. The lowest BCUT2D eigenvalue weighted by Crippen LogP contribution is -2.27. The number of methoxy groups -OCH3 is 1. The predicted octanol–water partition coefficient (Wildman–Crippen LogP) is 6.25. The summed E-state index contributed by atoms with van der Waals surface area (Å²) in [6.07, 6.45) is 2.01. The molecule has 2 aromatic carbocycles. The number of oxime groups is 1. The van der Waals surface area contributed by atoms with Crippen molar-refractivity contribution in [2.24, 2.45) is 15.4 Å². The summed E-state index contributed by atoms with van der Waals surface area (Å²) in [5.74, 6) is 0.0875. The molecule has 9 nitrogen and oxygen atoms in total. The van der Waals surface area contributed by atoms with E-state index in [2.05, 4.69) is 50.1 Å². The van der Waals surface area contributed by atoms with Crippen LogP contribution >= 0.6 is 15.9 Å². The molecule has 36 heavy (non-hydrogen) atoms. The van der Waals surface area contributed by atoms with Crippen LogP contribution in [0, 0.1) is 0 Å². The maximum absolute atomic E-state index is 12.3. The van der Waals surface area contributed by atoms with Gasteiger partial charge in [-0.1, -0.05) is 34.9 Å². The number of amides is 1. The summed E-state index contributed by atoms with van der Waals surface area (Å²) in [6.45, 7) is 7.99. The van der Waals surface area contributed by atoms with Gasteiger partial charge in [0, 0.05) is 9.86 Å². The first-order chi connectivity index (χ1) is 17.4. The van der Waals surface area contributed by atoms with Crippen molar-refractivity contribution in [1.82, 2.24) is 9.47 Å². The fourth-order valence-corrected chi connectivity index (χ4v) is 4.19. The second kappa shape index (κ2) is 13.2. The van der Waals surface area contributed by atoms with Crippen LogP contribution in [-0.2, 0) is 16.3 Å². The van der Waals surface area contributed by atoms with Crippen molar-refractivity contribution >= 4 is 44.1 Å². The lowest BCUT2D eigenvalue weighted by Gasteiger charge is -2.22. The Bertz CT molecular complexity index is 1230. The fraction of sp³-hybridized carbons (Fsp3) is 0.385. The quantitative estimate of drug-likeness (QED) is 0.161. The molecule has 0 aliphatic carbocycles. The highest BCUT2D eigenvalue weighted by Crippen LogP contribution is 2.40. The molecule has 0 radical (unpaired) electrons. The zero-order chi connectivity index (χ0) is 26.1. The largest absolute Gasteiger partial charge is 0.497 e. The average Bonchev–Trinajstić information content (AvgIpc) is 3.12. The van der Waals surface area contributed by atoms with Crippen LogP contribution in [0.25, 0.3) is 10.9 Å². The third-order valence-electron chi connectivity index (χ3n) is 5.55. The number of benzene rings is 2. The lowest BCUT2D eigenvalue weighted by atomic mass is 10.1. The molecular formula is C26H32BrN5O4. The van der Waals surface area contributed by atoms with Crippen LogP contribution in [0.4, 0.5) is 5.69 Å². The van der Waals surface area contributed by atoms with E-state index >= 15 is 0 Å². The number of hydrogen-bond acceptors (Lipinski definition) is 7. The number of rotatable bonds is 12. The predicted molar refractivity (Wildman–Crippen MR) is 144 cm³/mol. The molecule has 0 bridgehead atoms. The number of aromatic hydroxyl groups is 1. The second-order valence-electron chi connectivity index (χ2n) is 8.29. The molecule has 1 aromatic heterocycles. The Kier molecular flexibility index (Phi) is 10.0. The highest BCUT2D eigenvalue weighted by atomic mass is 79.9. The topological polar surface area (TPSA) is 101 Å². The van der Waals surface area contributed by atoms with Gasteiger partial charge in [0.05, 0.1) is 25.0 Å². The number of hydrogen-bond donors (Lipinski definition) is 1. The molecule has 0 aliphatic heterocycles. The van der Waals surface area contributed by atoms with Crippen molar-refractivity contribution in [3.63, 3.8) is 0 Å². The summed E-state index contributed by atoms with van der Waals surface area (Å²) in [5.41, 5.74) is 2.50. The van der Waals surface area contributed by atoms with Crippen LogP contribution in [-0.4, -0.2) is 53.0 Å². The van der Waals surface area contributed by atoms with Crippen molar-refractivity contribution in [2.45, 2.75) is 40.3 Å². The monoisotopic (exact) mass is 557 g/mol. The maximum atomic E-state index is 12.3. The molecule has 0 aliphatic rings. The van der Waals surface area contributed by atoms with Gasteiger partial charge >= 0.3 is 5.91 Å². The summed E-state index contributed by atoms with van der Waals surface area (Å²) in [4.78, 5) is 19.8. The average molecular weight is 558 g/mol. The van der Waals surface area contributed by atoms with Gasteiger partial charge in [0.25, 0.3) is 0 Å². The summed E-state index contributed by atoms with van der Waals surface area (Å²) in [5, 5.41) is 23.5. The molecule has 0 spiro atoms. The number of halogens is 1. The molecule has 0 atom stereocenters. The molecule has 1 amide bonds. The number of azo groups is 1. The van der Waals surface area contributed by atoms with Crippen molar-refractivity contribution in [3.8, 4) is 11.6 Å². The summed E-state index contributed by atoms with van der Waals surface area (Å²) < 4.78 is 7.78. The van der Waals surface area contributed by atoms with Crippen LogP contribution in [0.15, 0.2) is 62.3 Å². The molecule has 3 aromatic rings. The SMILES string of the molecule is CCCN(CCC)Cn1c(O)c(N=NC(=O)CON=C(C)c2ccc(OC)cc2)c2cc(Br)ccc21. The standard InChI is InChI=1S/C26H32BrN5O4/c1-5-13-31(14-6-2)17-32-23-12-9-20(27)15-22(23)25(26(32)34)29-28-24(33)16-36-30-18(3)19-7-10-21(35-4)11-8-19/h7-12,15,34H,5-6,13-14,16-17H2,1-4H3.